The Hall–Kier alpha value is -4.25. The van der Waals surface area contributed by atoms with Gasteiger partial charge >= 0.3 is 11.9 Å². The molecule has 0 saturated carbocycles. The first-order valence-corrected chi connectivity index (χ1v) is 12.0. The number of para-hydroxylation sites is 1. The molecule has 0 atom stereocenters. The first-order chi connectivity index (χ1) is 17.9. The van der Waals surface area contributed by atoms with Gasteiger partial charge in [0.05, 0.1) is 12.5 Å². The monoisotopic (exact) mass is 507 g/mol. The lowest BCUT2D eigenvalue weighted by molar-refractivity contribution is -0.159. The topological polar surface area (TPSA) is 140 Å². The Labute approximate surface area is 213 Å². The van der Waals surface area contributed by atoms with Gasteiger partial charge in [-0.1, -0.05) is 53.7 Å². The first-order valence-electron chi connectivity index (χ1n) is 12.0. The molecule has 0 radical (unpaired) electrons. The SMILES string of the molecule is O=C(CN1CC(c2nc(Cc3ccccc3)no2)C1)N1CCN(c2ccccc2)CC1.O=C(O)C(=O)O. The molecule has 1 amide bonds. The van der Waals surface area contributed by atoms with Crippen LogP contribution in [0.1, 0.15) is 23.2 Å². The van der Waals surface area contributed by atoms with E-state index in [2.05, 4.69) is 56.3 Å². The summed E-state index contributed by atoms with van der Waals surface area (Å²) in [5.74, 6) is -1.82. The summed E-state index contributed by atoms with van der Waals surface area (Å²) in [6.07, 6.45) is 0.675. The third kappa shape index (κ3) is 7.14. The molecule has 194 valence electrons. The van der Waals surface area contributed by atoms with Crippen molar-refractivity contribution in [2.45, 2.75) is 12.3 Å². The van der Waals surface area contributed by atoms with E-state index < -0.39 is 11.9 Å². The number of carbonyl (C=O) groups excluding carboxylic acids is 1. The Balaban J connectivity index is 0.000000480. The molecule has 37 heavy (non-hydrogen) atoms. The number of aromatic nitrogens is 2. The van der Waals surface area contributed by atoms with Crippen molar-refractivity contribution in [2.75, 3.05) is 50.7 Å². The van der Waals surface area contributed by atoms with Gasteiger partial charge in [-0.25, -0.2) is 9.59 Å². The third-order valence-corrected chi connectivity index (χ3v) is 6.29. The average Bonchev–Trinajstić information content (AvgIpc) is 3.35. The normalized spacial score (nSPS) is 15.9. The van der Waals surface area contributed by atoms with Crippen molar-refractivity contribution in [2.24, 2.45) is 0 Å². The second kappa shape index (κ2) is 12.1. The van der Waals surface area contributed by atoms with Crippen LogP contribution in [0.15, 0.2) is 65.2 Å². The fourth-order valence-electron chi connectivity index (χ4n) is 4.28. The number of amides is 1. The van der Waals surface area contributed by atoms with Gasteiger partial charge < -0.3 is 24.5 Å². The number of piperazine rings is 1. The van der Waals surface area contributed by atoms with Crippen LogP contribution in [0, 0.1) is 0 Å². The van der Waals surface area contributed by atoms with E-state index in [0.717, 1.165) is 39.3 Å². The summed E-state index contributed by atoms with van der Waals surface area (Å²) in [5, 5.41) is 18.9. The molecule has 2 fully saturated rings. The number of carboxylic acids is 2. The van der Waals surface area contributed by atoms with Crippen LogP contribution < -0.4 is 4.90 Å². The van der Waals surface area contributed by atoms with E-state index in [1.165, 1.54) is 11.3 Å². The van der Waals surface area contributed by atoms with Crippen molar-refractivity contribution in [1.82, 2.24) is 19.9 Å². The van der Waals surface area contributed by atoms with Gasteiger partial charge in [0.15, 0.2) is 5.82 Å². The standard InChI is InChI=1S/C24H27N5O2.C2H2O4/c30-23(29-13-11-28(12-14-29)21-9-5-2-6-10-21)18-27-16-20(17-27)24-25-22(26-31-24)15-19-7-3-1-4-8-19;3-1(4)2(5)6/h1-10,20H,11-18H2;(H,3,4)(H,5,6). The summed E-state index contributed by atoms with van der Waals surface area (Å²) in [7, 11) is 0. The first kappa shape index (κ1) is 25.8. The molecule has 2 aliphatic rings. The van der Waals surface area contributed by atoms with Crippen LogP contribution in [0.25, 0.3) is 0 Å². The van der Waals surface area contributed by atoms with Crippen LogP contribution in [0.5, 0.6) is 0 Å². The van der Waals surface area contributed by atoms with E-state index >= 15 is 0 Å². The largest absolute Gasteiger partial charge is 0.473 e. The van der Waals surface area contributed by atoms with E-state index in [0.29, 0.717) is 24.7 Å². The van der Waals surface area contributed by atoms with Crippen molar-refractivity contribution in [3.05, 3.63) is 77.9 Å². The van der Waals surface area contributed by atoms with E-state index in [1.54, 1.807) is 0 Å². The van der Waals surface area contributed by atoms with Gasteiger partial charge in [-0.15, -0.1) is 0 Å². The summed E-state index contributed by atoms with van der Waals surface area (Å²) >= 11 is 0. The molecule has 0 unspecified atom stereocenters. The molecular weight excluding hydrogens is 478 g/mol. The maximum atomic E-state index is 12.7. The Morgan fingerprint density at radius 1 is 0.865 bits per heavy atom. The highest BCUT2D eigenvalue weighted by Gasteiger charge is 2.34. The van der Waals surface area contributed by atoms with Crippen LogP contribution in [0.3, 0.4) is 0 Å². The summed E-state index contributed by atoms with van der Waals surface area (Å²) in [4.78, 5) is 42.0. The zero-order chi connectivity index (χ0) is 26.2. The second-order valence-electron chi connectivity index (χ2n) is 8.92. The highest BCUT2D eigenvalue weighted by atomic mass is 16.5. The molecule has 0 aliphatic carbocycles. The Bertz CT molecular complexity index is 1180. The third-order valence-electron chi connectivity index (χ3n) is 6.29. The molecule has 1 aromatic heterocycles. The van der Waals surface area contributed by atoms with Gasteiger partial charge in [0.25, 0.3) is 0 Å². The maximum Gasteiger partial charge on any atom is 0.414 e. The summed E-state index contributed by atoms with van der Waals surface area (Å²) in [6.45, 7) is 5.36. The molecular formula is C26H29N5O6. The highest BCUT2D eigenvalue weighted by molar-refractivity contribution is 6.27. The maximum absolute atomic E-state index is 12.7. The molecule has 11 heteroatoms. The predicted octanol–water partition coefficient (Wildman–Crippen LogP) is 1.56. The zero-order valence-corrected chi connectivity index (χ0v) is 20.3. The van der Waals surface area contributed by atoms with Crippen molar-refractivity contribution in [3.63, 3.8) is 0 Å². The van der Waals surface area contributed by atoms with E-state index in [9.17, 15) is 4.79 Å². The number of rotatable bonds is 6. The van der Waals surface area contributed by atoms with E-state index in [-0.39, 0.29) is 11.8 Å². The second-order valence-corrected chi connectivity index (χ2v) is 8.92. The molecule has 11 nitrogen and oxygen atoms in total. The van der Waals surface area contributed by atoms with Gasteiger partial charge in [0.1, 0.15) is 0 Å². The fourth-order valence-corrected chi connectivity index (χ4v) is 4.28. The van der Waals surface area contributed by atoms with E-state index in [1.807, 2.05) is 29.2 Å². The fraction of sp³-hybridized carbons (Fsp3) is 0.346. The van der Waals surface area contributed by atoms with Gasteiger partial charge in [-0.2, -0.15) is 4.98 Å². The lowest BCUT2D eigenvalue weighted by atomic mass is 10.00. The smallest absolute Gasteiger partial charge is 0.414 e. The summed E-state index contributed by atoms with van der Waals surface area (Å²) < 4.78 is 5.48. The molecule has 2 aromatic carbocycles. The van der Waals surface area contributed by atoms with Crippen LogP contribution in [0.4, 0.5) is 5.69 Å². The average molecular weight is 508 g/mol. The number of nitrogens with zero attached hydrogens (tertiary/aromatic N) is 5. The number of hydrogen-bond acceptors (Lipinski definition) is 8. The number of anilines is 1. The zero-order valence-electron chi connectivity index (χ0n) is 20.3. The van der Waals surface area contributed by atoms with Gasteiger partial charge in [0.2, 0.25) is 11.8 Å². The van der Waals surface area contributed by atoms with Crippen LogP contribution in [-0.2, 0) is 20.8 Å². The number of aliphatic carboxylic acids is 2. The van der Waals surface area contributed by atoms with Crippen LogP contribution >= 0.6 is 0 Å². The molecule has 3 heterocycles. The summed E-state index contributed by atoms with van der Waals surface area (Å²) in [6, 6.07) is 20.5. The highest BCUT2D eigenvalue weighted by Crippen LogP contribution is 2.26. The van der Waals surface area contributed by atoms with Crippen LogP contribution in [-0.4, -0.2) is 93.8 Å². The predicted molar refractivity (Wildman–Crippen MR) is 133 cm³/mol. The van der Waals surface area contributed by atoms with Gasteiger partial charge in [-0.05, 0) is 17.7 Å². The van der Waals surface area contributed by atoms with E-state index in [4.69, 9.17) is 24.3 Å². The molecule has 0 bridgehead atoms. The number of carbonyl (C=O) groups is 3. The van der Waals surface area contributed by atoms with Crippen molar-refractivity contribution in [3.8, 4) is 0 Å². The van der Waals surface area contributed by atoms with Crippen molar-refractivity contribution < 1.29 is 29.1 Å². The molecule has 2 saturated heterocycles. The Morgan fingerprint density at radius 3 is 2.05 bits per heavy atom. The number of carboxylic acid groups (broad SMARTS) is 2. The Morgan fingerprint density at radius 2 is 1.46 bits per heavy atom. The number of benzene rings is 2. The lowest BCUT2D eigenvalue weighted by Crippen LogP contribution is -2.54. The van der Waals surface area contributed by atoms with Crippen molar-refractivity contribution >= 4 is 23.5 Å². The summed E-state index contributed by atoms with van der Waals surface area (Å²) in [5.41, 5.74) is 2.40. The molecule has 2 aliphatic heterocycles. The Kier molecular flexibility index (Phi) is 8.47. The molecule has 2 N–H and O–H groups in total. The quantitative estimate of drug-likeness (QED) is 0.472. The molecule has 5 rings (SSSR count). The van der Waals surface area contributed by atoms with Gasteiger partial charge in [0, 0.05) is 51.4 Å². The number of likely N-dealkylation sites (tertiary alicyclic amines) is 1. The van der Waals surface area contributed by atoms with Crippen molar-refractivity contribution in [1.29, 1.82) is 0 Å². The van der Waals surface area contributed by atoms with Gasteiger partial charge in [-0.3, -0.25) is 9.69 Å². The molecule has 3 aromatic rings. The minimum absolute atomic E-state index is 0.210. The number of hydrogen-bond donors (Lipinski definition) is 2. The minimum Gasteiger partial charge on any atom is -0.473 e. The molecule has 0 spiro atoms. The van der Waals surface area contributed by atoms with Crippen LogP contribution in [0.2, 0.25) is 0 Å². The lowest BCUT2D eigenvalue weighted by Gasteiger charge is -2.40. The minimum atomic E-state index is -1.82.